The molecule has 0 radical (unpaired) electrons. The first-order valence-electron chi connectivity index (χ1n) is 5.71. The summed E-state index contributed by atoms with van der Waals surface area (Å²) < 4.78 is 34.3. The number of aliphatic carboxylic acids is 1. The molecule has 1 aliphatic rings. The molecule has 0 bridgehead atoms. The van der Waals surface area contributed by atoms with Crippen LogP contribution in [0.4, 0.5) is 0 Å². The van der Waals surface area contributed by atoms with Crippen LogP contribution in [0.2, 0.25) is 0 Å². The summed E-state index contributed by atoms with van der Waals surface area (Å²) in [6.07, 6.45) is 0. The molecule has 1 N–H and O–H groups in total. The summed E-state index contributed by atoms with van der Waals surface area (Å²) in [6, 6.07) is -0.808. The summed E-state index contributed by atoms with van der Waals surface area (Å²) >= 11 is 0. The highest BCUT2D eigenvalue weighted by atomic mass is 32.2. The third-order valence-electron chi connectivity index (χ3n) is 2.88. The predicted molar refractivity (Wildman–Crippen MR) is 63.9 cm³/mol. The second-order valence-electron chi connectivity index (χ2n) is 4.13. The van der Waals surface area contributed by atoms with Crippen molar-refractivity contribution in [3.63, 3.8) is 0 Å². The number of carboxylic acid groups (broad SMARTS) is 1. The maximum Gasteiger partial charge on any atom is 0.322 e. The van der Waals surface area contributed by atoms with E-state index < -0.39 is 39.7 Å². The number of carboxylic acids is 1. The minimum Gasteiger partial charge on any atom is -0.481 e. The second-order valence-corrected chi connectivity index (χ2v) is 6.16. The highest BCUT2D eigenvalue weighted by Gasteiger charge is 2.41. The van der Waals surface area contributed by atoms with Crippen LogP contribution in [0.5, 0.6) is 0 Å². The lowest BCUT2D eigenvalue weighted by atomic mass is 10.1. The standard InChI is InChI=1S/C10H17NO7S/c1-3-18-9(12)6-19(15,16)11(2)8-5-17-4-7(8)10(13)14/h7-8H,3-6H2,1-2H3,(H,13,14). The van der Waals surface area contributed by atoms with Gasteiger partial charge in [-0.15, -0.1) is 0 Å². The molecule has 110 valence electrons. The Kier molecular flexibility index (Phi) is 5.27. The van der Waals surface area contributed by atoms with Crippen molar-refractivity contribution in [2.24, 2.45) is 5.92 Å². The summed E-state index contributed by atoms with van der Waals surface area (Å²) in [5.74, 6) is -3.72. The molecule has 0 aromatic rings. The van der Waals surface area contributed by atoms with Crippen LogP contribution in [0, 0.1) is 5.92 Å². The fraction of sp³-hybridized carbons (Fsp3) is 0.800. The molecule has 0 spiro atoms. The van der Waals surface area contributed by atoms with E-state index in [0.29, 0.717) is 0 Å². The number of hydrogen-bond donors (Lipinski definition) is 1. The molecule has 2 atom stereocenters. The highest BCUT2D eigenvalue weighted by molar-refractivity contribution is 7.89. The first-order valence-corrected chi connectivity index (χ1v) is 7.32. The molecule has 19 heavy (non-hydrogen) atoms. The van der Waals surface area contributed by atoms with Gasteiger partial charge in [0, 0.05) is 7.05 Å². The Bertz CT molecular complexity index is 447. The normalized spacial score (nSPS) is 23.5. The van der Waals surface area contributed by atoms with E-state index in [4.69, 9.17) is 9.84 Å². The Labute approximate surface area is 111 Å². The van der Waals surface area contributed by atoms with Crippen molar-refractivity contribution in [3.8, 4) is 0 Å². The van der Waals surface area contributed by atoms with E-state index >= 15 is 0 Å². The van der Waals surface area contributed by atoms with E-state index in [9.17, 15) is 18.0 Å². The van der Waals surface area contributed by atoms with Gasteiger partial charge >= 0.3 is 11.9 Å². The molecular weight excluding hydrogens is 278 g/mol. The molecule has 9 heteroatoms. The third kappa shape index (κ3) is 3.88. The average Bonchev–Trinajstić information content (AvgIpc) is 2.76. The van der Waals surface area contributed by atoms with Crippen LogP contribution in [-0.2, 0) is 29.1 Å². The minimum absolute atomic E-state index is 0.00444. The van der Waals surface area contributed by atoms with Crippen molar-refractivity contribution < 1.29 is 32.6 Å². The van der Waals surface area contributed by atoms with Gasteiger partial charge in [0.15, 0.2) is 5.75 Å². The number of carbonyl (C=O) groups is 2. The third-order valence-corrected chi connectivity index (χ3v) is 4.63. The van der Waals surface area contributed by atoms with Crippen LogP contribution in [0.1, 0.15) is 6.92 Å². The lowest BCUT2D eigenvalue weighted by Crippen LogP contribution is -2.46. The predicted octanol–water partition coefficient (Wildman–Crippen LogP) is -1.09. The van der Waals surface area contributed by atoms with Gasteiger partial charge in [0.2, 0.25) is 10.0 Å². The summed E-state index contributed by atoms with van der Waals surface area (Å²) in [5, 5.41) is 8.97. The Morgan fingerprint density at radius 1 is 1.42 bits per heavy atom. The maximum atomic E-state index is 11.9. The molecule has 8 nitrogen and oxygen atoms in total. The second kappa shape index (κ2) is 6.31. The fourth-order valence-electron chi connectivity index (χ4n) is 1.80. The van der Waals surface area contributed by atoms with E-state index in [-0.39, 0.29) is 19.8 Å². The Balaban J connectivity index is 2.77. The van der Waals surface area contributed by atoms with Crippen LogP contribution < -0.4 is 0 Å². The summed E-state index contributed by atoms with van der Waals surface area (Å²) in [4.78, 5) is 22.2. The van der Waals surface area contributed by atoms with Gasteiger partial charge in [-0.2, -0.15) is 4.31 Å². The van der Waals surface area contributed by atoms with Gasteiger partial charge in [-0.05, 0) is 6.92 Å². The SMILES string of the molecule is CCOC(=O)CS(=O)(=O)N(C)C1COCC1C(=O)O. The van der Waals surface area contributed by atoms with Gasteiger partial charge in [-0.1, -0.05) is 0 Å². The lowest BCUT2D eigenvalue weighted by Gasteiger charge is -2.25. The molecule has 1 aliphatic heterocycles. The van der Waals surface area contributed by atoms with Crippen LogP contribution in [-0.4, -0.2) is 68.4 Å². The number of nitrogens with zero attached hydrogens (tertiary/aromatic N) is 1. The van der Waals surface area contributed by atoms with E-state index in [0.717, 1.165) is 4.31 Å². The molecule has 1 rings (SSSR count). The zero-order valence-corrected chi connectivity index (χ0v) is 11.6. The van der Waals surface area contributed by atoms with Gasteiger partial charge in [-0.25, -0.2) is 8.42 Å². The number of ether oxygens (including phenoxy) is 2. The van der Waals surface area contributed by atoms with E-state index in [1.54, 1.807) is 6.92 Å². The summed E-state index contributed by atoms with van der Waals surface area (Å²) in [5.41, 5.74) is 0. The number of carbonyl (C=O) groups excluding carboxylic acids is 1. The quantitative estimate of drug-likeness (QED) is 0.620. The van der Waals surface area contributed by atoms with Crippen molar-refractivity contribution in [2.75, 3.05) is 32.6 Å². The fourth-order valence-corrected chi connectivity index (χ4v) is 3.00. The van der Waals surface area contributed by atoms with Crippen LogP contribution >= 0.6 is 0 Å². The van der Waals surface area contributed by atoms with E-state index in [1.807, 2.05) is 0 Å². The molecule has 1 heterocycles. The number of rotatable bonds is 6. The molecule has 0 aromatic carbocycles. The molecule has 0 aromatic heterocycles. The molecule has 0 saturated carbocycles. The average molecular weight is 295 g/mol. The van der Waals surface area contributed by atoms with Gasteiger partial charge in [0.25, 0.3) is 0 Å². The summed E-state index contributed by atoms with van der Waals surface area (Å²) in [6.45, 7) is 1.61. The number of likely N-dealkylation sites (N-methyl/N-ethyl adjacent to an activating group) is 1. The van der Waals surface area contributed by atoms with Crippen molar-refractivity contribution in [1.29, 1.82) is 0 Å². The van der Waals surface area contributed by atoms with Gasteiger partial charge in [0.1, 0.15) is 0 Å². The topological polar surface area (TPSA) is 110 Å². The van der Waals surface area contributed by atoms with Crippen molar-refractivity contribution in [2.45, 2.75) is 13.0 Å². The maximum absolute atomic E-state index is 11.9. The zero-order chi connectivity index (χ0) is 14.6. The van der Waals surface area contributed by atoms with Gasteiger partial charge in [-0.3, -0.25) is 9.59 Å². The van der Waals surface area contributed by atoms with E-state index in [1.165, 1.54) is 7.05 Å². The number of sulfonamides is 1. The number of hydrogen-bond acceptors (Lipinski definition) is 6. The lowest BCUT2D eigenvalue weighted by molar-refractivity contribution is -0.142. The molecule has 1 saturated heterocycles. The minimum atomic E-state index is -3.92. The van der Waals surface area contributed by atoms with Crippen molar-refractivity contribution >= 4 is 22.0 Å². The summed E-state index contributed by atoms with van der Waals surface area (Å²) in [7, 11) is -2.68. The molecule has 0 aliphatic carbocycles. The monoisotopic (exact) mass is 295 g/mol. The van der Waals surface area contributed by atoms with Crippen molar-refractivity contribution in [1.82, 2.24) is 4.31 Å². The van der Waals surface area contributed by atoms with Gasteiger partial charge < -0.3 is 14.6 Å². The van der Waals surface area contributed by atoms with Crippen molar-refractivity contribution in [3.05, 3.63) is 0 Å². The Hall–Kier alpha value is -1.19. The zero-order valence-electron chi connectivity index (χ0n) is 10.7. The van der Waals surface area contributed by atoms with Crippen LogP contribution in [0.15, 0.2) is 0 Å². The van der Waals surface area contributed by atoms with E-state index in [2.05, 4.69) is 4.74 Å². The molecule has 1 fully saturated rings. The molecule has 0 amide bonds. The van der Waals surface area contributed by atoms with Crippen LogP contribution in [0.25, 0.3) is 0 Å². The Morgan fingerprint density at radius 2 is 2.05 bits per heavy atom. The smallest absolute Gasteiger partial charge is 0.322 e. The number of esters is 1. The molecular formula is C10H17NO7S. The first kappa shape index (κ1) is 15.9. The highest BCUT2D eigenvalue weighted by Crippen LogP contribution is 2.21. The van der Waals surface area contributed by atoms with Gasteiger partial charge in [0.05, 0.1) is 31.8 Å². The largest absolute Gasteiger partial charge is 0.481 e. The first-order chi connectivity index (χ1) is 8.79. The van der Waals surface area contributed by atoms with Crippen LogP contribution in [0.3, 0.4) is 0 Å². The molecule has 2 unspecified atom stereocenters. The Morgan fingerprint density at radius 3 is 2.58 bits per heavy atom.